The molecule has 0 radical (unpaired) electrons. The highest BCUT2D eigenvalue weighted by atomic mass is 35.5. The molecule has 0 aliphatic carbocycles. The third-order valence-electron chi connectivity index (χ3n) is 6.50. The average molecular weight is 590 g/mol. The molecule has 3 atom stereocenters. The molecule has 1 aromatic heterocycles. The van der Waals surface area contributed by atoms with Crippen LogP contribution in [0.2, 0.25) is 5.02 Å². The standard InChI is InChI=1S/C30H31ClF3N3O4/c1-18(2)27(28(39)30(32,33)34)37-29(40)25(16-22-6-4-5-15-35-22)36-26(38)17-24(19-7-11-21(31)12-8-19)20-9-13-23(41-3)14-10-20/h4-15,18,24-25,27H,16-17H2,1-3H3,(H,36,38)(H,37,40)/t24?,25-,27-/m0/s1. The van der Waals surface area contributed by atoms with E-state index >= 15 is 0 Å². The van der Waals surface area contributed by atoms with Crippen molar-refractivity contribution in [2.45, 2.75) is 50.9 Å². The van der Waals surface area contributed by atoms with Gasteiger partial charge in [-0.1, -0.05) is 55.8 Å². The molecule has 0 bridgehead atoms. The lowest BCUT2D eigenvalue weighted by Gasteiger charge is -2.26. The first-order chi connectivity index (χ1) is 19.4. The Hall–Kier alpha value is -3.92. The topological polar surface area (TPSA) is 97.4 Å². The third-order valence-corrected chi connectivity index (χ3v) is 6.75. The van der Waals surface area contributed by atoms with Crippen molar-refractivity contribution in [3.8, 4) is 5.75 Å². The molecule has 2 aromatic carbocycles. The van der Waals surface area contributed by atoms with Gasteiger partial charge in [0, 0.05) is 35.7 Å². The van der Waals surface area contributed by atoms with Crippen LogP contribution in [0.15, 0.2) is 72.9 Å². The van der Waals surface area contributed by atoms with Gasteiger partial charge in [0.2, 0.25) is 11.8 Å². The molecule has 2 N–H and O–H groups in total. The van der Waals surface area contributed by atoms with Crippen LogP contribution in [0.1, 0.15) is 43.0 Å². The van der Waals surface area contributed by atoms with Gasteiger partial charge in [-0.15, -0.1) is 0 Å². The molecule has 0 saturated heterocycles. The summed E-state index contributed by atoms with van der Waals surface area (Å²) in [5.74, 6) is -4.16. The minimum atomic E-state index is -5.13. The smallest absolute Gasteiger partial charge is 0.452 e. The lowest BCUT2D eigenvalue weighted by molar-refractivity contribution is -0.175. The molecule has 3 aromatic rings. The van der Waals surface area contributed by atoms with Crippen LogP contribution < -0.4 is 15.4 Å². The highest BCUT2D eigenvalue weighted by Crippen LogP contribution is 2.30. The molecule has 11 heteroatoms. The van der Waals surface area contributed by atoms with Crippen molar-refractivity contribution in [1.82, 2.24) is 15.6 Å². The van der Waals surface area contributed by atoms with Crippen LogP contribution in [-0.2, 0) is 20.8 Å². The minimum Gasteiger partial charge on any atom is -0.497 e. The lowest BCUT2D eigenvalue weighted by Crippen LogP contribution is -2.56. The molecule has 1 heterocycles. The Morgan fingerprint density at radius 2 is 1.54 bits per heavy atom. The van der Waals surface area contributed by atoms with E-state index in [0.717, 1.165) is 11.1 Å². The third kappa shape index (κ3) is 9.04. The second-order valence-electron chi connectivity index (χ2n) is 9.82. The van der Waals surface area contributed by atoms with Crippen LogP contribution in [0, 0.1) is 5.92 Å². The predicted molar refractivity (Wildman–Crippen MR) is 149 cm³/mol. The number of amides is 2. The van der Waals surface area contributed by atoms with Gasteiger partial charge in [-0.3, -0.25) is 19.4 Å². The summed E-state index contributed by atoms with van der Waals surface area (Å²) in [5, 5.41) is 5.38. The predicted octanol–water partition coefficient (Wildman–Crippen LogP) is 5.27. The monoisotopic (exact) mass is 589 g/mol. The number of rotatable bonds is 12. The number of halogens is 4. The zero-order valence-corrected chi connectivity index (χ0v) is 23.5. The molecular weight excluding hydrogens is 559 g/mol. The van der Waals surface area contributed by atoms with Crippen LogP contribution in [-0.4, -0.2) is 48.0 Å². The van der Waals surface area contributed by atoms with E-state index < -0.39 is 47.7 Å². The van der Waals surface area contributed by atoms with Crippen LogP contribution >= 0.6 is 11.6 Å². The fraction of sp³-hybridized carbons (Fsp3) is 0.333. The largest absolute Gasteiger partial charge is 0.497 e. The van der Waals surface area contributed by atoms with Gasteiger partial charge in [0.1, 0.15) is 11.8 Å². The lowest BCUT2D eigenvalue weighted by atomic mass is 9.88. The van der Waals surface area contributed by atoms with Crippen molar-refractivity contribution in [3.05, 3.63) is 94.8 Å². The number of methoxy groups -OCH3 is 1. The van der Waals surface area contributed by atoms with Crippen LogP contribution in [0.25, 0.3) is 0 Å². The van der Waals surface area contributed by atoms with E-state index in [-0.39, 0.29) is 12.8 Å². The quantitative estimate of drug-likeness (QED) is 0.300. The number of nitrogens with zero attached hydrogens (tertiary/aromatic N) is 1. The maximum Gasteiger partial charge on any atom is 0.452 e. The highest BCUT2D eigenvalue weighted by molar-refractivity contribution is 6.30. The van der Waals surface area contributed by atoms with Crippen LogP contribution in [0.5, 0.6) is 5.75 Å². The Morgan fingerprint density at radius 1 is 0.927 bits per heavy atom. The number of ether oxygens (including phenoxy) is 1. The van der Waals surface area contributed by atoms with Gasteiger partial charge in [-0.2, -0.15) is 13.2 Å². The van der Waals surface area contributed by atoms with Crippen molar-refractivity contribution in [1.29, 1.82) is 0 Å². The Balaban J connectivity index is 1.87. The summed E-state index contributed by atoms with van der Waals surface area (Å²) in [4.78, 5) is 42.9. The van der Waals surface area contributed by atoms with Gasteiger partial charge in [0.05, 0.1) is 13.2 Å². The second-order valence-corrected chi connectivity index (χ2v) is 10.3. The Labute approximate surface area is 241 Å². The summed E-state index contributed by atoms with van der Waals surface area (Å²) in [6.07, 6.45) is -3.82. The van der Waals surface area contributed by atoms with Crippen LogP contribution in [0.4, 0.5) is 13.2 Å². The molecule has 3 rings (SSSR count). The van der Waals surface area contributed by atoms with E-state index in [9.17, 15) is 27.6 Å². The number of aromatic nitrogens is 1. The number of nitrogens with one attached hydrogen (secondary N) is 2. The Kier molecular flexibility index (Phi) is 10.9. The van der Waals surface area contributed by atoms with E-state index in [2.05, 4.69) is 15.6 Å². The van der Waals surface area contributed by atoms with Crippen molar-refractivity contribution < 1.29 is 32.3 Å². The minimum absolute atomic E-state index is 0.0882. The number of hydrogen-bond acceptors (Lipinski definition) is 5. The normalized spacial score (nSPS) is 13.7. The second kappa shape index (κ2) is 14.1. The molecule has 2 amide bonds. The summed E-state index contributed by atoms with van der Waals surface area (Å²) >= 11 is 6.06. The number of alkyl halides is 3. The number of Topliss-reactive ketones (excluding diaryl/α,β-unsaturated/α-hetero) is 1. The number of benzene rings is 2. The molecule has 0 fully saturated rings. The van der Waals surface area contributed by atoms with Crippen molar-refractivity contribution in [3.63, 3.8) is 0 Å². The molecular formula is C30H31ClF3N3O4. The zero-order valence-electron chi connectivity index (χ0n) is 22.7. The molecule has 41 heavy (non-hydrogen) atoms. The van der Waals surface area contributed by atoms with E-state index in [1.807, 2.05) is 12.1 Å². The number of carbonyl (C=O) groups is 3. The zero-order chi connectivity index (χ0) is 30.2. The highest BCUT2D eigenvalue weighted by Gasteiger charge is 2.45. The Morgan fingerprint density at radius 3 is 2.05 bits per heavy atom. The van der Waals surface area contributed by atoms with Gasteiger partial charge in [0.15, 0.2) is 0 Å². The molecule has 218 valence electrons. The summed E-state index contributed by atoms with van der Waals surface area (Å²) in [7, 11) is 1.54. The van der Waals surface area contributed by atoms with E-state index in [0.29, 0.717) is 16.5 Å². The van der Waals surface area contributed by atoms with Gasteiger partial charge >= 0.3 is 6.18 Å². The molecule has 0 spiro atoms. The maximum absolute atomic E-state index is 13.4. The Bertz CT molecular complexity index is 1320. The van der Waals surface area contributed by atoms with Gasteiger partial charge in [0.25, 0.3) is 5.78 Å². The van der Waals surface area contributed by atoms with E-state index in [4.69, 9.17) is 16.3 Å². The van der Waals surface area contributed by atoms with Crippen molar-refractivity contribution in [2.75, 3.05) is 7.11 Å². The van der Waals surface area contributed by atoms with Crippen molar-refractivity contribution >= 4 is 29.2 Å². The first-order valence-electron chi connectivity index (χ1n) is 12.9. The summed E-state index contributed by atoms with van der Waals surface area (Å²) in [5.41, 5.74) is 2.02. The first kappa shape index (κ1) is 31.6. The van der Waals surface area contributed by atoms with Crippen LogP contribution in [0.3, 0.4) is 0 Å². The first-order valence-corrected chi connectivity index (χ1v) is 13.3. The summed E-state index contributed by atoms with van der Waals surface area (Å²) in [6, 6.07) is 16.0. The summed E-state index contributed by atoms with van der Waals surface area (Å²) in [6.45, 7) is 2.79. The number of pyridine rings is 1. The summed E-state index contributed by atoms with van der Waals surface area (Å²) < 4.78 is 44.9. The average Bonchev–Trinajstić information content (AvgIpc) is 2.94. The number of hydrogen-bond donors (Lipinski definition) is 2. The molecule has 0 aliphatic heterocycles. The maximum atomic E-state index is 13.4. The number of carbonyl (C=O) groups excluding carboxylic acids is 3. The van der Waals surface area contributed by atoms with Crippen molar-refractivity contribution in [2.24, 2.45) is 5.92 Å². The molecule has 0 saturated carbocycles. The van der Waals surface area contributed by atoms with Gasteiger partial charge < -0.3 is 15.4 Å². The fourth-order valence-corrected chi connectivity index (χ4v) is 4.43. The SMILES string of the molecule is COc1ccc(C(CC(=O)N[C@@H](Cc2ccccn2)C(=O)N[C@H](C(=O)C(F)(F)F)C(C)C)c2ccc(Cl)cc2)cc1. The van der Waals surface area contributed by atoms with E-state index in [1.54, 1.807) is 54.6 Å². The van der Waals surface area contributed by atoms with Gasteiger partial charge in [-0.25, -0.2) is 0 Å². The number of ketones is 1. The molecule has 0 aliphatic rings. The van der Waals surface area contributed by atoms with Gasteiger partial charge in [-0.05, 0) is 53.4 Å². The fourth-order valence-electron chi connectivity index (χ4n) is 4.30. The molecule has 7 nitrogen and oxygen atoms in total. The molecule has 1 unspecified atom stereocenters. The van der Waals surface area contributed by atoms with E-state index in [1.165, 1.54) is 27.2 Å².